The Balaban J connectivity index is 3.15. The second kappa shape index (κ2) is 3.42. The Labute approximate surface area is 88.4 Å². The van der Waals surface area contributed by atoms with Crippen molar-refractivity contribution in [1.29, 1.82) is 0 Å². The van der Waals surface area contributed by atoms with Crippen molar-refractivity contribution in [3.05, 3.63) is 35.4 Å². The van der Waals surface area contributed by atoms with E-state index in [1.165, 1.54) is 11.1 Å². The van der Waals surface area contributed by atoms with Crippen molar-refractivity contribution >= 4 is 0 Å². The van der Waals surface area contributed by atoms with Gasteiger partial charge < -0.3 is 0 Å². The third-order valence-electron chi connectivity index (χ3n) is 2.59. The van der Waals surface area contributed by atoms with Crippen molar-refractivity contribution < 1.29 is 0 Å². The molecule has 0 aliphatic rings. The Morgan fingerprint density at radius 2 is 1.07 bits per heavy atom. The Morgan fingerprint density at radius 1 is 0.714 bits per heavy atom. The lowest BCUT2D eigenvalue weighted by molar-refractivity contribution is 0.568. The Hall–Kier alpha value is -0.780. The first-order valence-electron chi connectivity index (χ1n) is 5.32. The van der Waals surface area contributed by atoms with Gasteiger partial charge >= 0.3 is 0 Å². The maximum atomic E-state index is 2.33. The Bertz CT molecular complexity index is 278. The molecule has 1 aromatic rings. The van der Waals surface area contributed by atoms with Crippen LogP contribution in [0.5, 0.6) is 0 Å². The summed E-state index contributed by atoms with van der Waals surface area (Å²) < 4.78 is 0. The van der Waals surface area contributed by atoms with Gasteiger partial charge in [0.05, 0.1) is 0 Å². The number of hydrogen-bond donors (Lipinski definition) is 0. The van der Waals surface area contributed by atoms with Crippen molar-refractivity contribution in [3.8, 4) is 0 Å². The first-order valence-corrected chi connectivity index (χ1v) is 5.32. The molecule has 78 valence electrons. The van der Waals surface area contributed by atoms with E-state index in [-0.39, 0.29) is 10.8 Å². The predicted molar refractivity (Wildman–Crippen MR) is 63.8 cm³/mol. The van der Waals surface area contributed by atoms with Crippen molar-refractivity contribution in [1.82, 2.24) is 0 Å². The molecule has 0 N–H and O–H groups in total. The summed E-state index contributed by atoms with van der Waals surface area (Å²) in [5.41, 5.74) is 3.34. The minimum absolute atomic E-state index is 0.251. The molecule has 0 aliphatic heterocycles. The highest BCUT2D eigenvalue weighted by Crippen LogP contribution is 2.28. The summed E-state index contributed by atoms with van der Waals surface area (Å²) in [6.07, 6.45) is 0. The van der Waals surface area contributed by atoms with Crippen LogP contribution in [0.4, 0.5) is 0 Å². The summed E-state index contributed by atoms with van der Waals surface area (Å²) in [5, 5.41) is 0. The second-order valence-electron chi connectivity index (χ2n) is 6.08. The Morgan fingerprint density at radius 3 is 1.36 bits per heavy atom. The molecule has 0 heterocycles. The molecule has 0 spiro atoms. The summed E-state index contributed by atoms with van der Waals surface area (Å²) >= 11 is 0. The predicted octanol–water partition coefficient (Wildman–Crippen LogP) is 4.28. The standard InChI is InChI=1S/C14H22/c1-13(2,3)11-8-7-9-12(10-11)14(4,5)6/h7-10H,1-6H3. The molecule has 0 fully saturated rings. The van der Waals surface area contributed by atoms with Gasteiger partial charge in [0, 0.05) is 0 Å². The van der Waals surface area contributed by atoms with Crippen LogP contribution in [-0.2, 0) is 10.8 Å². The fraction of sp³-hybridized carbons (Fsp3) is 0.571. The van der Waals surface area contributed by atoms with E-state index in [9.17, 15) is 0 Å². The average molecular weight is 190 g/mol. The molecule has 0 radical (unpaired) electrons. The summed E-state index contributed by atoms with van der Waals surface area (Å²) in [7, 11) is 0. The molecule has 0 aliphatic carbocycles. The zero-order chi connectivity index (χ0) is 11.0. The van der Waals surface area contributed by atoms with Gasteiger partial charge in [-0.05, 0) is 22.0 Å². The highest BCUT2D eigenvalue weighted by molar-refractivity contribution is 5.32. The van der Waals surface area contributed by atoms with Gasteiger partial charge in [-0.1, -0.05) is 65.8 Å². The molecule has 1 rings (SSSR count). The molecule has 0 saturated carbocycles. The molecule has 0 unspecified atom stereocenters. The molecule has 0 heteroatoms. The number of rotatable bonds is 0. The van der Waals surface area contributed by atoms with Crippen LogP contribution in [0.2, 0.25) is 0 Å². The topological polar surface area (TPSA) is 0 Å². The number of hydrogen-bond acceptors (Lipinski definition) is 0. The van der Waals surface area contributed by atoms with Crippen molar-refractivity contribution in [2.24, 2.45) is 0 Å². The van der Waals surface area contributed by atoms with E-state index in [1.807, 2.05) is 0 Å². The van der Waals surface area contributed by atoms with E-state index < -0.39 is 0 Å². The molecular formula is C14H22. The smallest absolute Gasteiger partial charge is 0.0132 e. The zero-order valence-corrected chi connectivity index (χ0v) is 10.3. The fourth-order valence-electron chi connectivity index (χ4n) is 1.45. The fourth-order valence-corrected chi connectivity index (χ4v) is 1.45. The third kappa shape index (κ3) is 2.60. The van der Waals surface area contributed by atoms with Crippen LogP contribution < -0.4 is 0 Å². The average Bonchev–Trinajstić information content (AvgIpc) is 2.01. The molecule has 1 aromatic carbocycles. The van der Waals surface area contributed by atoms with E-state index in [1.54, 1.807) is 0 Å². The van der Waals surface area contributed by atoms with Gasteiger partial charge in [-0.3, -0.25) is 0 Å². The van der Waals surface area contributed by atoms with E-state index in [0.717, 1.165) is 0 Å². The van der Waals surface area contributed by atoms with Gasteiger partial charge in [0.25, 0.3) is 0 Å². The maximum absolute atomic E-state index is 2.33. The van der Waals surface area contributed by atoms with Gasteiger partial charge in [-0.25, -0.2) is 0 Å². The molecular weight excluding hydrogens is 168 g/mol. The lowest BCUT2D eigenvalue weighted by Crippen LogP contribution is -2.15. The third-order valence-corrected chi connectivity index (χ3v) is 2.59. The summed E-state index contributed by atoms with van der Waals surface area (Å²) in [6, 6.07) is 8.94. The largest absolute Gasteiger partial charge is 0.0617 e. The molecule has 0 aromatic heterocycles. The number of benzene rings is 1. The van der Waals surface area contributed by atoms with Gasteiger partial charge in [0.15, 0.2) is 0 Å². The van der Waals surface area contributed by atoms with Gasteiger partial charge in [-0.2, -0.15) is 0 Å². The van der Waals surface area contributed by atoms with E-state index >= 15 is 0 Å². The quantitative estimate of drug-likeness (QED) is 0.572. The second-order valence-corrected chi connectivity index (χ2v) is 6.08. The molecule has 0 amide bonds. The van der Waals surface area contributed by atoms with E-state index in [4.69, 9.17) is 0 Å². The van der Waals surface area contributed by atoms with Gasteiger partial charge in [0.1, 0.15) is 0 Å². The minimum atomic E-state index is 0.251. The Kier molecular flexibility index (Phi) is 2.76. The summed E-state index contributed by atoms with van der Waals surface area (Å²) in [5.74, 6) is 0. The van der Waals surface area contributed by atoms with Crippen LogP contribution in [0.15, 0.2) is 24.3 Å². The van der Waals surface area contributed by atoms with Crippen LogP contribution >= 0.6 is 0 Å². The molecule has 0 saturated heterocycles. The van der Waals surface area contributed by atoms with Crippen LogP contribution in [0, 0.1) is 0 Å². The van der Waals surface area contributed by atoms with Crippen molar-refractivity contribution in [3.63, 3.8) is 0 Å². The first-order chi connectivity index (χ1) is 6.21. The lowest BCUT2D eigenvalue weighted by Gasteiger charge is -2.24. The molecule has 0 nitrogen and oxygen atoms in total. The van der Waals surface area contributed by atoms with Gasteiger partial charge in [0.2, 0.25) is 0 Å². The summed E-state index contributed by atoms with van der Waals surface area (Å²) in [6.45, 7) is 13.6. The van der Waals surface area contributed by atoms with Crippen molar-refractivity contribution in [2.75, 3.05) is 0 Å². The first kappa shape index (κ1) is 11.3. The molecule has 0 atom stereocenters. The highest BCUT2D eigenvalue weighted by Gasteiger charge is 2.18. The van der Waals surface area contributed by atoms with Crippen LogP contribution in [0.3, 0.4) is 0 Å². The highest BCUT2D eigenvalue weighted by atomic mass is 14.2. The molecule has 0 bridgehead atoms. The maximum Gasteiger partial charge on any atom is -0.0132 e. The van der Waals surface area contributed by atoms with E-state index in [2.05, 4.69) is 65.8 Å². The normalized spacial score (nSPS) is 13.0. The summed E-state index contributed by atoms with van der Waals surface area (Å²) in [4.78, 5) is 0. The SMILES string of the molecule is CC(C)(C)c1cccc(C(C)(C)C)c1. The van der Waals surface area contributed by atoms with Crippen LogP contribution in [0.1, 0.15) is 52.7 Å². The minimum Gasteiger partial charge on any atom is -0.0617 e. The van der Waals surface area contributed by atoms with Gasteiger partial charge in [-0.15, -0.1) is 0 Å². The van der Waals surface area contributed by atoms with E-state index in [0.29, 0.717) is 0 Å². The van der Waals surface area contributed by atoms with Crippen LogP contribution in [-0.4, -0.2) is 0 Å². The monoisotopic (exact) mass is 190 g/mol. The van der Waals surface area contributed by atoms with Crippen LogP contribution in [0.25, 0.3) is 0 Å². The van der Waals surface area contributed by atoms with Crippen molar-refractivity contribution in [2.45, 2.75) is 52.4 Å². The molecule has 14 heavy (non-hydrogen) atoms. The lowest BCUT2D eigenvalue weighted by atomic mass is 9.81. The zero-order valence-electron chi connectivity index (χ0n) is 10.3.